The van der Waals surface area contributed by atoms with Crippen LogP contribution < -0.4 is 10.6 Å². The SMILES string of the molecule is O=C(O)CCCC=C1SC[C@@H]2NC(=O)N[C@H]12. The van der Waals surface area contributed by atoms with Gasteiger partial charge in [0.15, 0.2) is 0 Å². The van der Waals surface area contributed by atoms with Gasteiger partial charge in [0.05, 0.1) is 12.1 Å². The molecule has 0 spiro atoms. The number of rotatable bonds is 4. The monoisotopic (exact) mass is 242 g/mol. The van der Waals surface area contributed by atoms with E-state index >= 15 is 0 Å². The predicted molar refractivity (Wildman–Crippen MR) is 61.3 cm³/mol. The number of aliphatic carboxylic acids is 1. The van der Waals surface area contributed by atoms with Crippen LogP contribution in [0.4, 0.5) is 4.79 Å². The van der Waals surface area contributed by atoms with Gasteiger partial charge in [-0.25, -0.2) is 4.79 Å². The molecule has 2 fully saturated rings. The van der Waals surface area contributed by atoms with Crippen molar-refractivity contribution in [3.63, 3.8) is 0 Å². The Kier molecular flexibility index (Phi) is 3.38. The Hall–Kier alpha value is -1.17. The molecule has 2 amide bonds. The largest absolute Gasteiger partial charge is 0.481 e. The average molecular weight is 242 g/mol. The molecule has 0 saturated carbocycles. The van der Waals surface area contributed by atoms with E-state index in [0.29, 0.717) is 6.42 Å². The van der Waals surface area contributed by atoms with Gasteiger partial charge in [0.1, 0.15) is 0 Å². The normalized spacial score (nSPS) is 30.0. The zero-order chi connectivity index (χ0) is 11.5. The van der Waals surface area contributed by atoms with E-state index in [9.17, 15) is 9.59 Å². The maximum Gasteiger partial charge on any atom is 0.315 e. The third kappa shape index (κ3) is 2.49. The van der Waals surface area contributed by atoms with Gasteiger partial charge in [0.2, 0.25) is 0 Å². The number of carbonyl (C=O) groups is 2. The second-order valence-electron chi connectivity index (χ2n) is 3.91. The summed E-state index contributed by atoms with van der Waals surface area (Å²) < 4.78 is 0. The molecule has 0 aromatic heterocycles. The summed E-state index contributed by atoms with van der Waals surface area (Å²) in [5.41, 5.74) is 0. The van der Waals surface area contributed by atoms with Gasteiger partial charge in [0.25, 0.3) is 0 Å². The Bertz CT molecular complexity index is 343. The first-order valence-electron chi connectivity index (χ1n) is 5.28. The van der Waals surface area contributed by atoms with Crippen molar-refractivity contribution in [2.45, 2.75) is 31.3 Å². The molecule has 0 bridgehead atoms. The Labute approximate surface area is 97.7 Å². The molecule has 3 N–H and O–H groups in total. The van der Waals surface area contributed by atoms with Crippen LogP contribution in [0.5, 0.6) is 0 Å². The lowest BCUT2D eigenvalue weighted by molar-refractivity contribution is -0.137. The highest BCUT2D eigenvalue weighted by Crippen LogP contribution is 2.33. The van der Waals surface area contributed by atoms with Crippen LogP contribution in [-0.4, -0.2) is 34.9 Å². The molecule has 5 nitrogen and oxygen atoms in total. The van der Waals surface area contributed by atoms with Crippen molar-refractivity contribution in [1.82, 2.24) is 10.6 Å². The van der Waals surface area contributed by atoms with Gasteiger partial charge < -0.3 is 15.7 Å². The van der Waals surface area contributed by atoms with Gasteiger partial charge in [-0.05, 0) is 12.8 Å². The third-order valence-corrected chi connectivity index (χ3v) is 3.96. The highest BCUT2D eigenvalue weighted by atomic mass is 32.2. The van der Waals surface area contributed by atoms with E-state index in [0.717, 1.165) is 17.1 Å². The minimum absolute atomic E-state index is 0.0994. The molecule has 88 valence electrons. The summed E-state index contributed by atoms with van der Waals surface area (Å²) in [7, 11) is 0. The van der Waals surface area contributed by atoms with Crippen LogP contribution in [0.25, 0.3) is 0 Å². The van der Waals surface area contributed by atoms with Crippen LogP contribution in [0, 0.1) is 0 Å². The number of allylic oxidation sites excluding steroid dienone is 1. The fourth-order valence-corrected chi connectivity index (χ4v) is 3.19. The zero-order valence-corrected chi connectivity index (χ0v) is 9.55. The van der Waals surface area contributed by atoms with E-state index < -0.39 is 5.97 Å². The number of hydrogen-bond acceptors (Lipinski definition) is 3. The molecular weight excluding hydrogens is 228 g/mol. The van der Waals surface area contributed by atoms with Gasteiger partial charge in [-0.1, -0.05) is 6.08 Å². The van der Waals surface area contributed by atoms with Crippen molar-refractivity contribution in [2.75, 3.05) is 5.75 Å². The van der Waals surface area contributed by atoms with Crippen LogP contribution in [0.15, 0.2) is 11.0 Å². The van der Waals surface area contributed by atoms with E-state index in [1.54, 1.807) is 11.8 Å². The van der Waals surface area contributed by atoms with Crippen LogP contribution in [-0.2, 0) is 4.79 Å². The van der Waals surface area contributed by atoms with Crippen molar-refractivity contribution in [2.24, 2.45) is 0 Å². The minimum atomic E-state index is -0.758. The first-order chi connectivity index (χ1) is 7.66. The summed E-state index contributed by atoms with van der Waals surface area (Å²) in [6.07, 6.45) is 3.66. The molecule has 0 aromatic carbocycles. The molecule has 0 unspecified atom stereocenters. The van der Waals surface area contributed by atoms with Crippen LogP contribution in [0.1, 0.15) is 19.3 Å². The Balaban J connectivity index is 1.83. The summed E-state index contributed by atoms with van der Waals surface area (Å²) >= 11 is 1.73. The number of carbonyl (C=O) groups excluding carboxylic acids is 1. The number of hydrogen-bond donors (Lipinski definition) is 3. The number of nitrogens with one attached hydrogen (secondary N) is 2. The quantitative estimate of drug-likeness (QED) is 0.506. The van der Waals surface area contributed by atoms with Crippen LogP contribution >= 0.6 is 11.8 Å². The second-order valence-corrected chi connectivity index (χ2v) is 5.00. The van der Waals surface area contributed by atoms with Crippen LogP contribution in [0.3, 0.4) is 0 Å². The van der Waals surface area contributed by atoms with Gasteiger partial charge >= 0.3 is 12.0 Å². The van der Waals surface area contributed by atoms with Crippen molar-refractivity contribution in [3.05, 3.63) is 11.0 Å². The van der Waals surface area contributed by atoms with E-state index in [2.05, 4.69) is 10.6 Å². The van der Waals surface area contributed by atoms with E-state index in [1.165, 1.54) is 0 Å². The van der Waals surface area contributed by atoms with E-state index in [-0.39, 0.29) is 24.5 Å². The molecular formula is C10H14N2O3S. The Morgan fingerprint density at radius 2 is 2.38 bits per heavy atom. The van der Waals surface area contributed by atoms with Gasteiger partial charge in [-0.3, -0.25) is 4.79 Å². The number of carboxylic acid groups (broad SMARTS) is 1. The number of carboxylic acids is 1. The fraction of sp³-hybridized carbons (Fsp3) is 0.600. The molecule has 2 saturated heterocycles. The molecule has 0 aromatic rings. The minimum Gasteiger partial charge on any atom is -0.481 e. The van der Waals surface area contributed by atoms with Crippen LogP contribution in [0.2, 0.25) is 0 Å². The fourth-order valence-electron chi connectivity index (χ4n) is 1.90. The lowest BCUT2D eigenvalue weighted by Gasteiger charge is -2.07. The molecule has 0 aliphatic carbocycles. The summed E-state index contributed by atoms with van der Waals surface area (Å²) in [5.74, 6) is 0.139. The Morgan fingerprint density at radius 3 is 3.12 bits per heavy atom. The number of unbranched alkanes of at least 4 members (excludes halogenated alkanes) is 1. The van der Waals surface area contributed by atoms with Gasteiger partial charge in [-0.15, -0.1) is 11.8 Å². The third-order valence-electron chi connectivity index (χ3n) is 2.68. The first kappa shape index (κ1) is 11.3. The second kappa shape index (κ2) is 4.78. The van der Waals surface area contributed by atoms with E-state index in [1.807, 2.05) is 6.08 Å². The standard InChI is InChI=1S/C10H14N2O3S/c13-8(14)4-2-1-3-7-9-6(5-16-7)11-10(15)12-9/h3,6,9H,1-2,4-5H2,(H,13,14)(H2,11,12,15)/t6-,9-/m0/s1. The smallest absolute Gasteiger partial charge is 0.315 e. The van der Waals surface area contributed by atoms with Crippen molar-refractivity contribution < 1.29 is 14.7 Å². The molecule has 6 heteroatoms. The molecule has 2 heterocycles. The highest BCUT2D eigenvalue weighted by Gasteiger charge is 2.39. The highest BCUT2D eigenvalue weighted by molar-refractivity contribution is 8.03. The lowest BCUT2D eigenvalue weighted by atomic mass is 10.1. The molecule has 2 rings (SSSR count). The van der Waals surface area contributed by atoms with Crippen molar-refractivity contribution in [3.8, 4) is 0 Å². The number of amides is 2. The zero-order valence-electron chi connectivity index (χ0n) is 8.73. The maximum atomic E-state index is 11.1. The lowest BCUT2D eigenvalue weighted by Crippen LogP contribution is -2.30. The topological polar surface area (TPSA) is 78.4 Å². The number of urea groups is 1. The van der Waals surface area contributed by atoms with E-state index in [4.69, 9.17) is 5.11 Å². The molecule has 2 atom stereocenters. The summed E-state index contributed by atoms with van der Waals surface area (Å²) in [4.78, 5) is 22.6. The maximum absolute atomic E-state index is 11.1. The number of thioether (sulfide) groups is 1. The van der Waals surface area contributed by atoms with Gasteiger partial charge in [-0.2, -0.15) is 0 Å². The summed E-state index contributed by atoms with van der Waals surface area (Å²) in [5, 5.41) is 14.2. The van der Waals surface area contributed by atoms with Gasteiger partial charge in [0, 0.05) is 17.1 Å². The first-order valence-corrected chi connectivity index (χ1v) is 6.27. The molecule has 16 heavy (non-hydrogen) atoms. The number of fused-ring (bicyclic) bond motifs is 1. The predicted octanol–water partition coefficient (Wildman–Crippen LogP) is 0.922. The Morgan fingerprint density at radius 1 is 1.56 bits per heavy atom. The average Bonchev–Trinajstić information content (AvgIpc) is 2.72. The summed E-state index contributed by atoms with van der Waals surface area (Å²) in [6.45, 7) is 0. The van der Waals surface area contributed by atoms with Crippen molar-refractivity contribution in [1.29, 1.82) is 0 Å². The van der Waals surface area contributed by atoms with Crippen molar-refractivity contribution >= 4 is 23.8 Å². The molecule has 0 radical (unpaired) electrons. The molecule has 2 aliphatic rings. The summed E-state index contributed by atoms with van der Waals surface area (Å²) in [6, 6.07) is 0.192. The molecule has 2 aliphatic heterocycles.